The average molecular weight is 510 g/mol. The van der Waals surface area contributed by atoms with E-state index < -0.39 is 18.3 Å². The van der Waals surface area contributed by atoms with Gasteiger partial charge in [0, 0.05) is 91.8 Å². The van der Waals surface area contributed by atoms with Crippen LogP contribution in [0.15, 0.2) is 0 Å². The van der Waals surface area contributed by atoms with Crippen molar-refractivity contribution in [2.45, 2.75) is 18.3 Å². The van der Waals surface area contributed by atoms with E-state index in [0.717, 1.165) is 0 Å². The fraction of sp³-hybridized carbons (Fsp3) is 1.00. The zero-order valence-corrected chi connectivity index (χ0v) is 19.5. The molecule has 0 aromatic heterocycles. The smallest absolute Gasteiger partial charge is 0.100 e. The van der Waals surface area contributed by atoms with E-state index in [-0.39, 0.29) is 91.8 Å². The van der Waals surface area contributed by atoms with Gasteiger partial charge in [-0.1, -0.05) is 0 Å². The van der Waals surface area contributed by atoms with Crippen LogP contribution in [0.25, 0.3) is 0 Å². The van der Waals surface area contributed by atoms with E-state index in [1.54, 1.807) is 0 Å². The second-order valence-corrected chi connectivity index (χ2v) is 4.01. The summed E-state index contributed by atoms with van der Waals surface area (Å²) < 4.78 is 0. The Kier molecular flexibility index (Phi) is 49.5. The Balaban J connectivity index is -0.0000000730. The van der Waals surface area contributed by atoms with Gasteiger partial charge in [-0.05, 0) is 0 Å². The summed E-state index contributed by atoms with van der Waals surface area (Å²) in [4.78, 5) is 0. The number of nitrogens with two attached hydrogens (primary N) is 2. The van der Waals surface area contributed by atoms with E-state index in [4.69, 9.17) is 47.2 Å². The largest absolute Gasteiger partial charge is 0.394 e. The summed E-state index contributed by atoms with van der Waals surface area (Å²) >= 11 is 0. The molecule has 0 aromatic rings. The van der Waals surface area contributed by atoms with Gasteiger partial charge in [0.15, 0.2) is 0 Å². The van der Waals surface area contributed by atoms with Crippen LogP contribution in [0, 0.1) is 0 Å². The van der Waals surface area contributed by atoms with Gasteiger partial charge in [-0.25, -0.2) is 0 Å². The summed E-state index contributed by atoms with van der Waals surface area (Å²) in [5.41, 5.74) is 10.1. The molecule has 144 valence electrons. The van der Waals surface area contributed by atoms with E-state index in [2.05, 4.69) is 10.6 Å². The summed E-state index contributed by atoms with van der Waals surface area (Å²) in [6.45, 7) is 0.209. The van der Waals surface area contributed by atoms with Crippen LogP contribution in [0.3, 0.4) is 0 Å². The molecule has 0 aliphatic rings. The van der Waals surface area contributed by atoms with E-state index in [1.165, 1.54) is 0 Å². The summed E-state index contributed by atoms with van der Waals surface area (Å²) in [5.74, 6) is 0. The van der Waals surface area contributed by atoms with Crippen LogP contribution < -0.4 is 22.1 Å². The van der Waals surface area contributed by atoms with Gasteiger partial charge in [0.2, 0.25) is 0 Å². The van der Waals surface area contributed by atoms with Crippen LogP contribution in [0.2, 0.25) is 0 Å². The zero-order valence-electron chi connectivity index (χ0n) is 13.8. The topological polar surface area (TPSA) is 218 Å². The Morgan fingerprint density at radius 2 is 0.833 bits per heavy atom. The van der Waals surface area contributed by atoms with E-state index in [9.17, 15) is 0 Å². The van der Waals surface area contributed by atoms with Crippen molar-refractivity contribution in [2.75, 3.05) is 52.9 Å². The van der Waals surface area contributed by atoms with Crippen molar-refractivity contribution in [1.29, 1.82) is 0 Å². The molecule has 0 saturated heterocycles. The SMILES string of the molecule is NCNCC(O)CO.NCNCC(O)CO.OCC(O)CO.[Y].[Y]. The van der Waals surface area contributed by atoms with Crippen molar-refractivity contribution < 1.29 is 101 Å². The van der Waals surface area contributed by atoms with E-state index in [0.29, 0.717) is 26.4 Å². The fourth-order valence-corrected chi connectivity index (χ4v) is 0.687. The normalized spacial score (nSPS) is 11.8. The quantitative estimate of drug-likeness (QED) is 0.124. The molecule has 0 bridgehead atoms. The Morgan fingerprint density at radius 3 is 0.958 bits per heavy atom. The molecule has 11 nitrogen and oxygen atoms in total. The van der Waals surface area contributed by atoms with Crippen LogP contribution >= 0.6 is 0 Å². The zero-order chi connectivity index (χ0) is 17.8. The predicted molar refractivity (Wildman–Crippen MR) is 80.5 cm³/mol. The molecular formula is C11H32N4O7Y2. The number of hydrogen-bond acceptors (Lipinski definition) is 11. The van der Waals surface area contributed by atoms with Crippen molar-refractivity contribution in [3.63, 3.8) is 0 Å². The maximum Gasteiger partial charge on any atom is 0.100 e. The summed E-state index contributed by atoms with van der Waals surface area (Å²) in [6.07, 6.45) is -2.32. The molecule has 2 unspecified atom stereocenters. The molecule has 0 spiro atoms. The number of aliphatic hydroxyl groups excluding tert-OH is 7. The van der Waals surface area contributed by atoms with Crippen LogP contribution in [0.1, 0.15) is 0 Å². The molecule has 0 rings (SSSR count). The third-order valence-corrected chi connectivity index (χ3v) is 1.89. The molecule has 13 heteroatoms. The molecule has 0 aromatic carbocycles. The molecule has 0 heterocycles. The van der Waals surface area contributed by atoms with Crippen LogP contribution in [-0.4, -0.2) is 107 Å². The number of aliphatic hydroxyl groups is 7. The monoisotopic (exact) mass is 510 g/mol. The van der Waals surface area contributed by atoms with E-state index >= 15 is 0 Å². The van der Waals surface area contributed by atoms with Crippen molar-refractivity contribution >= 4 is 0 Å². The molecule has 2 atom stereocenters. The Bertz CT molecular complexity index is 186. The molecule has 0 aliphatic heterocycles. The molecule has 2 radical (unpaired) electrons. The Labute approximate surface area is 193 Å². The van der Waals surface area contributed by atoms with Crippen LogP contribution in [0.5, 0.6) is 0 Å². The Morgan fingerprint density at radius 1 is 0.583 bits per heavy atom. The van der Waals surface area contributed by atoms with Crippen LogP contribution in [-0.2, 0) is 65.4 Å². The standard InChI is InChI=1S/2C4H12N2O2.C3H8O3.2Y/c2*5-3-6-1-4(8)2-7;4-1-3(6)2-5;;/h2*4,6-8H,1-3,5H2;3-6H,1-2H2;;. The van der Waals surface area contributed by atoms with E-state index in [1.807, 2.05) is 0 Å². The summed E-state index contributed by atoms with van der Waals surface area (Å²) in [5, 5.41) is 63.1. The van der Waals surface area contributed by atoms with Gasteiger partial charge in [0.1, 0.15) is 6.10 Å². The average Bonchev–Trinajstić information content (AvgIpc) is 2.57. The third kappa shape index (κ3) is 39.0. The van der Waals surface area contributed by atoms with Gasteiger partial charge in [0.25, 0.3) is 0 Å². The fourth-order valence-electron chi connectivity index (χ4n) is 0.687. The number of nitrogens with one attached hydrogen (secondary N) is 2. The molecular weight excluding hydrogens is 478 g/mol. The second kappa shape index (κ2) is 32.4. The third-order valence-electron chi connectivity index (χ3n) is 1.89. The molecule has 0 amide bonds. The minimum atomic E-state index is -0.954. The first-order chi connectivity index (χ1) is 10.4. The molecule has 13 N–H and O–H groups in total. The van der Waals surface area contributed by atoms with Gasteiger partial charge in [-0.3, -0.25) is 0 Å². The molecule has 0 aliphatic carbocycles. The first kappa shape index (κ1) is 36.6. The molecule has 0 saturated carbocycles. The van der Waals surface area contributed by atoms with Gasteiger partial charge in [0.05, 0.1) is 38.6 Å². The predicted octanol–water partition coefficient (Wildman–Crippen LogP) is -5.98. The minimum absolute atomic E-state index is 0. The number of rotatable bonds is 10. The molecule has 0 fully saturated rings. The maximum atomic E-state index is 8.62. The molecule has 24 heavy (non-hydrogen) atoms. The number of hydrogen-bond donors (Lipinski definition) is 11. The maximum absolute atomic E-state index is 8.62. The van der Waals surface area contributed by atoms with Crippen molar-refractivity contribution in [3.8, 4) is 0 Å². The first-order valence-corrected chi connectivity index (χ1v) is 6.72. The Hall–Kier alpha value is 1.77. The summed E-state index contributed by atoms with van der Waals surface area (Å²) in [6, 6.07) is 0. The van der Waals surface area contributed by atoms with Crippen molar-refractivity contribution in [2.24, 2.45) is 11.5 Å². The van der Waals surface area contributed by atoms with Crippen LogP contribution in [0.4, 0.5) is 0 Å². The second-order valence-electron chi connectivity index (χ2n) is 4.01. The van der Waals surface area contributed by atoms with Crippen molar-refractivity contribution in [1.82, 2.24) is 10.6 Å². The first-order valence-electron chi connectivity index (χ1n) is 6.72. The van der Waals surface area contributed by atoms with Gasteiger partial charge in [-0.2, -0.15) is 0 Å². The van der Waals surface area contributed by atoms with Crippen molar-refractivity contribution in [3.05, 3.63) is 0 Å². The summed E-state index contributed by atoms with van der Waals surface area (Å²) in [7, 11) is 0. The minimum Gasteiger partial charge on any atom is -0.394 e. The van der Waals surface area contributed by atoms with Gasteiger partial charge in [-0.15, -0.1) is 0 Å². The van der Waals surface area contributed by atoms with Gasteiger partial charge >= 0.3 is 0 Å². The van der Waals surface area contributed by atoms with Gasteiger partial charge < -0.3 is 57.8 Å².